The lowest BCUT2D eigenvalue weighted by Crippen LogP contribution is -2.38. The fraction of sp³-hybridized carbons (Fsp3) is 0.650. The highest BCUT2D eigenvalue weighted by atomic mass is 127. The Morgan fingerprint density at radius 3 is 2.59 bits per heavy atom. The number of aliphatic imine (C=N–C) groups is 1. The molecule has 2 N–H and O–H groups in total. The van der Waals surface area contributed by atoms with E-state index in [-0.39, 0.29) is 24.0 Å². The molecule has 1 aliphatic rings. The SMILES string of the molecule is CCNC(=NCc1ccc(OC)cc1)NCCCOCC1CCOCC1.I. The van der Waals surface area contributed by atoms with Gasteiger partial charge in [-0.2, -0.15) is 0 Å². The van der Waals surface area contributed by atoms with Gasteiger partial charge in [0.15, 0.2) is 5.96 Å². The van der Waals surface area contributed by atoms with Crippen LogP contribution in [0.2, 0.25) is 0 Å². The molecule has 1 aliphatic heterocycles. The lowest BCUT2D eigenvalue weighted by molar-refractivity contribution is 0.0203. The Kier molecular flexibility index (Phi) is 13.3. The molecule has 0 amide bonds. The molecule has 0 aliphatic carbocycles. The van der Waals surface area contributed by atoms with Crippen LogP contribution in [0.15, 0.2) is 29.3 Å². The van der Waals surface area contributed by atoms with Crippen LogP contribution in [-0.2, 0) is 16.0 Å². The molecule has 1 aromatic carbocycles. The Hall–Kier alpha value is -1.06. The fourth-order valence-corrected chi connectivity index (χ4v) is 2.79. The summed E-state index contributed by atoms with van der Waals surface area (Å²) in [5.41, 5.74) is 1.16. The van der Waals surface area contributed by atoms with E-state index in [4.69, 9.17) is 14.2 Å². The molecule has 0 spiro atoms. The van der Waals surface area contributed by atoms with Gasteiger partial charge in [-0.25, -0.2) is 4.99 Å². The summed E-state index contributed by atoms with van der Waals surface area (Å²) in [5, 5.41) is 6.64. The van der Waals surface area contributed by atoms with Crippen molar-refractivity contribution in [2.75, 3.05) is 46.6 Å². The summed E-state index contributed by atoms with van der Waals surface area (Å²) in [6.45, 7) is 7.80. The number of guanidine groups is 1. The topological polar surface area (TPSA) is 64.1 Å². The Balaban J connectivity index is 0.00000364. The van der Waals surface area contributed by atoms with Crippen molar-refractivity contribution in [3.63, 3.8) is 0 Å². The third kappa shape index (κ3) is 10.2. The molecule has 1 saturated heterocycles. The van der Waals surface area contributed by atoms with Gasteiger partial charge in [0, 0.05) is 39.5 Å². The van der Waals surface area contributed by atoms with Gasteiger partial charge in [0.25, 0.3) is 0 Å². The van der Waals surface area contributed by atoms with E-state index in [9.17, 15) is 0 Å². The van der Waals surface area contributed by atoms with E-state index >= 15 is 0 Å². The lowest BCUT2D eigenvalue weighted by Gasteiger charge is -2.21. The van der Waals surface area contributed by atoms with Crippen LogP contribution in [0.4, 0.5) is 0 Å². The van der Waals surface area contributed by atoms with E-state index in [1.165, 1.54) is 0 Å². The number of nitrogens with one attached hydrogen (secondary N) is 2. The zero-order chi connectivity index (χ0) is 18.5. The average molecular weight is 491 g/mol. The Morgan fingerprint density at radius 2 is 1.93 bits per heavy atom. The molecule has 7 heteroatoms. The van der Waals surface area contributed by atoms with Gasteiger partial charge in [0.05, 0.1) is 13.7 Å². The molecular formula is C20H34IN3O3. The van der Waals surface area contributed by atoms with Crippen molar-refractivity contribution in [3.8, 4) is 5.75 Å². The first-order valence-electron chi connectivity index (χ1n) is 9.62. The predicted molar refractivity (Wildman–Crippen MR) is 120 cm³/mol. The molecule has 0 unspecified atom stereocenters. The zero-order valence-corrected chi connectivity index (χ0v) is 18.9. The van der Waals surface area contributed by atoms with Crippen molar-refractivity contribution < 1.29 is 14.2 Å². The Bertz CT molecular complexity index is 520. The molecule has 1 aromatic rings. The molecule has 0 saturated carbocycles. The van der Waals surface area contributed by atoms with Gasteiger partial charge in [0.2, 0.25) is 0 Å². The standard InChI is InChI=1S/C20H33N3O3.HI/c1-3-21-20(23-15-17-5-7-19(24-2)8-6-17)22-11-4-12-26-16-18-9-13-25-14-10-18;/h5-8,18H,3-4,9-16H2,1-2H3,(H2,21,22,23);1H. The molecule has 0 atom stereocenters. The quantitative estimate of drug-likeness (QED) is 0.228. The van der Waals surface area contributed by atoms with Crippen LogP contribution in [0, 0.1) is 5.92 Å². The maximum absolute atomic E-state index is 5.80. The van der Waals surface area contributed by atoms with Crippen LogP contribution in [0.1, 0.15) is 31.7 Å². The van der Waals surface area contributed by atoms with Crippen molar-refractivity contribution in [3.05, 3.63) is 29.8 Å². The summed E-state index contributed by atoms with van der Waals surface area (Å²) >= 11 is 0. The molecule has 27 heavy (non-hydrogen) atoms. The molecular weight excluding hydrogens is 457 g/mol. The molecule has 6 nitrogen and oxygen atoms in total. The number of rotatable bonds is 10. The summed E-state index contributed by atoms with van der Waals surface area (Å²) in [4.78, 5) is 4.63. The van der Waals surface area contributed by atoms with Crippen LogP contribution in [-0.4, -0.2) is 52.6 Å². The summed E-state index contributed by atoms with van der Waals surface area (Å²) in [6.07, 6.45) is 3.22. The minimum atomic E-state index is 0. The number of methoxy groups -OCH3 is 1. The largest absolute Gasteiger partial charge is 0.497 e. The predicted octanol–water partition coefficient (Wildman–Crippen LogP) is 3.20. The highest BCUT2D eigenvalue weighted by Crippen LogP contribution is 2.14. The number of ether oxygens (including phenoxy) is 3. The summed E-state index contributed by atoms with van der Waals surface area (Å²) in [5.74, 6) is 2.37. The number of hydrogen-bond donors (Lipinski definition) is 2. The molecule has 0 bridgehead atoms. The monoisotopic (exact) mass is 491 g/mol. The van der Waals surface area contributed by atoms with Crippen LogP contribution in [0.25, 0.3) is 0 Å². The number of nitrogens with zero attached hydrogens (tertiary/aromatic N) is 1. The summed E-state index contributed by atoms with van der Waals surface area (Å²) in [6, 6.07) is 7.99. The first-order chi connectivity index (χ1) is 12.8. The van der Waals surface area contributed by atoms with E-state index in [0.717, 1.165) is 76.1 Å². The van der Waals surface area contributed by atoms with Crippen molar-refractivity contribution in [2.45, 2.75) is 32.7 Å². The highest BCUT2D eigenvalue weighted by molar-refractivity contribution is 14.0. The second kappa shape index (κ2) is 14.9. The molecule has 0 radical (unpaired) electrons. The van der Waals surface area contributed by atoms with Gasteiger partial charge in [-0.05, 0) is 49.8 Å². The third-order valence-electron chi connectivity index (χ3n) is 4.38. The summed E-state index contributed by atoms with van der Waals surface area (Å²) in [7, 11) is 1.67. The third-order valence-corrected chi connectivity index (χ3v) is 4.38. The van der Waals surface area contributed by atoms with Crippen molar-refractivity contribution >= 4 is 29.9 Å². The van der Waals surface area contributed by atoms with Gasteiger partial charge in [-0.1, -0.05) is 12.1 Å². The Morgan fingerprint density at radius 1 is 1.19 bits per heavy atom. The van der Waals surface area contributed by atoms with Crippen LogP contribution in [0.5, 0.6) is 5.75 Å². The maximum Gasteiger partial charge on any atom is 0.191 e. The van der Waals surface area contributed by atoms with E-state index in [1.807, 2.05) is 24.3 Å². The van der Waals surface area contributed by atoms with E-state index in [2.05, 4.69) is 22.5 Å². The molecule has 2 rings (SSSR count). The van der Waals surface area contributed by atoms with Gasteiger partial charge in [0.1, 0.15) is 5.75 Å². The lowest BCUT2D eigenvalue weighted by atomic mass is 10.0. The molecule has 154 valence electrons. The summed E-state index contributed by atoms with van der Waals surface area (Å²) < 4.78 is 16.3. The fourth-order valence-electron chi connectivity index (χ4n) is 2.79. The number of halogens is 1. The highest BCUT2D eigenvalue weighted by Gasteiger charge is 2.13. The van der Waals surface area contributed by atoms with Crippen LogP contribution in [0.3, 0.4) is 0 Å². The van der Waals surface area contributed by atoms with Crippen molar-refractivity contribution in [2.24, 2.45) is 10.9 Å². The second-order valence-electron chi connectivity index (χ2n) is 6.45. The zero-order valence-electron chi connectivity index (χ0n) is 16.5. The van der Waals surface area contributed by atoms with Crippen LogP contribution < -0.4 is 15.4 Å². The first kappa shape index (κ1) is 24.0. The molecule has 1 heterocycles. The maximum atomic E-state index is 5.80. The molecule has 1 fully saturated rings. The minimum absolute atomic E-state index is 0. The van der Waals surface area contributed by atoms with E-state index in [1.54, 1.807) is 7.11 Å². The minimum Gasteiger partial charge on any atom is -0.497 e. The smallest absolute Gasteiger partial charge is 0.191 e. The van der Waals surface area contributed by atoms with E-state index < -0.39 is 0 Å². The second-order valence-corrected chi connectivity index (χ2v) is 6.45. The van der Waals surface area contributed by atoms with Crippen molar-refractivity contribution in [1.29, 1.82) is 0 Å². The Labute approximate surface area is 180 Å². The van der Waals surface area contributed by atoms with E-state index in [0.29, 0.717) is 12.5 Å². The number of benzene rings is 1. The average Bonchev–Trinajstić information content (AvgIpc) is 2.69. The van der Waals surface area contributed by atoms with Crippen molar-refractivity contribution in [1.82, 2.24) is 10.6 Å². The van der Waals surface area contributed by atoms with Crippen LogP contribution >= 0.6 is 24.0 Å². The van der Waals surface area contributed by atoms with Gasteiger partial charge < -0.3 is 24.8 Å². The van der Waals surface area contributed by atoms with Gasteiger partial charge >= 0.3 is 0 Å². The number of hydrogen-bond acceptors (Lipinski definition) is 4. The molecule has 0 aromatic heterocycles. The normalized spacial score (nSPS) is 15.1. The first-order valence-corrected chi connectivity index (χ1v) is 9.62. The van der Waals surface area contributed by atoms with Gasteiger partial charge in [-0.15, -0.1) is 24.0 Å². The van der Waals surface area contributed by atoms with Gasteiger partial charge in [-0.3, -0.25) is 0 Å².